The van der Waals surface area contributed by atoms with Crippen LogP contribution in [0.4, 0.5) is 5.69 Å². The lowest BCUT2D eigenvalue weighted by atomic mass is 10.1. The van der Waals surface area contributed by atoms with E-state index in [-0.39, 0.29) is 0 Å². The molecule has 0 radical (unpaired) electrons. The standard InChI is InChI=1S/C16H19NO2/c1-12-8-9-16(19-2)14(10-12)15(18)11-17-13-6-4-3-5-7-13/h3-10,15,17-18H,11H2,1-2H3. The van der Waals surface area contributed by atoms with Gasteiger partial charge < -0.3 is 15.2 Å². The Labute approximate surface area is 113 Å². The van der Waals surface area contributed by atoms with Gasteiger partial charge in [-0.2, -0.15) is 0 Å². The highest BCUT2D eigenvalue weighted by Gasteiger charge is 2.13. The van der Waals surface area contributed by atoms with Gasteiger partial charge in [-0.3, -0.25) is 0 Å². The van der Waals surface area contributed by atoms with Crippen molar-refractivity contribution in [1.82, 2.24) is 0 Å². The van der Waals surface area contributed by atoms with Crippen molar-refractivity contribution in [2.75, 3.05) is 19.0 Å². The molecule has 0 bridgehead atoms. The maximum atomic E-state index is 10.3. The van der Waals surface area contributed by atoms with Crippen molar-refractivity contribution >= 4 is 5.69 Å². The summed E-state index contributed by atoms with van der Waals surface area (Å²) in [4.78, 5) is 0. The second kappa shape index (κ2) is 6.25. The van der Waals surface area contributed by atoms with E-state index in [9.17, 15) is 5.11 Å². The first-order valence-corrected chi connectivity index (χ1v) is 6.32. The van der Waals surface area contributed by atoms with Gasteiger partial charge in [0.25, 0.3) is 0 Å². The summed E-state index contributed by atoms with van der Waals surface area (Å²) < 4.78 is 5.29. The summed E-state index contributed by atoms with van der Waals surface area (Å²) in [5.41, 5.74) is 2.91. The normalized spacial score (nSPS) is 11.9. The van der Waals surface area contributed by atoms with Crippen molar-refractivity contribution in [1.29, 1.82) is 0 Å². The Bertz CT molecular complexity index is 526. The quantitative estimate of drug-likeness (QED) is 0.864. The molecule has 0 spiro atoms. The van der Waals surface area contributed by atoms with Crippen LogP contribution in [0, 0.1) is 6.92 Å². The van der Waals surface area contributed by atoms with Crippen molar-refractivity contribution in [3.63, 3.8) is 0 Å². The van der Waals surface area contributed by atoms with E-state index >= 15 is 0 Å². The predicted molar refractivity (Wildman–Crippen MR) is 77.6 cm³/mol. The topological polar surface area (TPSA) is 41.5 Å². The predicted octanol–water partition coefficient (Wildman–Crippen LogP) is 3.15. The minimum Gasteiger partial charge on any atom is -0.496 e. The number of methoxy groups -OCH3 is 1. The molecule has 0 heterocycles. The molecule has 0 amide bonds. The van der Waals surface area contributed by atoms with Gasteiger partial charge in [0.2, 0.25) is 0 Å². The summed E-state index contributed by atoms with van der Waals surface area (Å²) >= 11 is 0. The van der Waals surface area contributed by atoms with E-state index < -0.39 is 6.10 Å². The Hall–Kier alpha value is -2.00. The Balaban J connectivity index is 2.07. The molecule has 2 aromatic carbocycles. The van der Waals surface area contributed by atoms with Crippen LogP contribution >= 0.6 is 0 Å². The minimum absolute atomic E-state index is 0.448. The van der Waals surface area contributed by atoms with E-state index in [0.29, 0.717) is 12.3 Å². The van der Waals surface area contributed by atoms with Gasteiger partial charge in [-0.15, -0.1) is 0 Å². The first kappa shape index (κ1) is 13.4. The number of anilines is 1. The van der Waals surface area contributed by atoms with E-state index in [4.69, 9.17) is 4.74 Å². The lowest BCUT2D eigenvalue weighted by molar-refractivity contribution is 0.187. The smallest absolute Gasteiger partial charge is 0.124 e. The molecule has 2 rings (SSSR count). The largest absolute Gasteiger partial charge is 0.496 e. The SMILES string of the molecule is COc1ccc(C)cc1C(O)CNc1ccccc1. The zero-order chi connectivity index (χ0) is 13.7. The van der Waals surface area contributed by atoms with Gasteiger partial charge in [-0.25, -0.2) is 0 Å². The molecule has 0 aliphatic heterocycles. The maximum absolute atomic E-state index is 10.3. The van der Waals surface area contributed by atoms with Crippen LogP contribution in [0.25, 0.3) is 0 Å². The zero-order valence-corrected chi connectivity index (χ0v) is 11.3. The van der Waals surface area contributed by atoms with E-state index in [1.165, 1.54) is 0 Å². The molecule has 3 heteroatoms. The van der Waals surface area contributed by atoms with Gasteiger partial charge in [0.05, 0.1) is 13.2 Å². The minimum atomic E-state index is -0.602. The summed E-state index contributed by atoms with van der Waals surface area (Å²) in [5.74, 6) is 0.716. The van der Waals surface area contributed by atoms with Crippen molar-refractivity contribution in [3.05, 3.63) is 59.7 Å². The van der Waals surface area contributed by atoms with Gasteiger partial charge in [-0.05, 0) is 31.2 Å². The van der Waals surface area contributed by atoms with Gasteiger partial charge in [-0.1, -0.05) is 29.8 Å². The number of aliphatic hydroxyl groups is 1. The molecule has 2 N–H and O–H groups in total. The molecule has 0 saturated heterocycles. The molecule has 3 nitrogen and oxygen atoms in total. The molecule has 0 aromatic heterocycles. The number of hydrogen-bond donors (Lipinski definition) is 2. The molecule has 1 atom stereocenters. The second-order valence-corrected chi connectivity index (χ2v) is 4.51. The number of para-hydroxylation sites is 1. The van der Waals surface area contributed by atoms with Crippen LogP contribution in [0.2, 0.25) is 0 Å². The first-order chi connectivity index (χ1) is 9.20. The number of ether oxygens (including phenoxy) is 1. The summed E-state index contributed by atoms with van der Waals surface area (Å²) in [6.45, 7) is 2.45. The highest BCUT2D eigenvalue weighted by molar-refractivity contribution is 5.44. The summed E-state index contributed by atoms with van der Waals surface area (Å²) in [6, 6.07) is 15.6. The van der Waals surface area contributed by atoms with Crippen molar-refractivity contribution in [3.8, 4) is 5.75 Å². The number of aryl methyl sites for hydroxylation is 1. The van der Waals surface area contributed by atoms with Crippen LogP contribution in [-0.2, 0) is 0 Å². The van der Waals surface area contributed by atoms with Gasteiger partial charge in [0.15, 0.2) is 0 Å². The van der Waals surface area contributed by atoms with E-state index in [0.717, 1.165) is 16.8 Å². The zero-order valence-electron chi connectivity index (χ0n) is 11.3. The molecule has 0 fully saturated rings. The number of aliphatic hydroxyl groups excluding tert-OH is 1. The molecule has 0 saturated carbocycles. The Kier molecular flexibility index (Phi) is 4.42. The Morgan fingerprint density at radius 3 is 2.58 bits per heavy atom. The lowest BCUT2D eigenvalue weighted by Gasteiger charge is -2.16. The first-order valence-electron chi connectivity index (χ1n) is 6.32. The fraction of sp³-hybridized carbons (Fsp3) is 0.250. The number of benzene rings is 2. The van der Waals surface area contributed by atoms with Gasteiger partial charge in [0, 0.05) is 17.8 Å². The Morgan fingerprint density at radius 2 is 1.89 bits per heavy atom. The van der Waals surface area contributed by atoms with E-state index in [1.54, 1.807) is 7.11 Å². The third-order valence-corrected chi connectivity index (χ3v) is 3.02. The average Bonchev–Trinajstić information content (AvgIpc) is 2.46. The summed E-state index contributed by atoms with van der Waals surface area (Å²) in [6.07, 6.45) is -0.602. The highest BCUT2D eigenvalue weighted by Crippen LogP contribution is 2.26. The Morgan fingerprint density at radius 1 is 1.16 bits per heavy atom. The fourth-order valence-electron chi connectivity index (χ4n) is 1.99. The van der Waals surface area contributed by atoms with Crippen LogP contribution in [0.1, 0.15) is 17.2 Å². The molecule has 1 unspecified atom stereocenters. The maximum Gasteiger partial charge on any atom is 0.124 e. The van der Waals surface area contributed by atoms with Crippen LogP contribution < -0.4 is 10.1 Å². The molecule has 0 aliphatic carbocycles. The van der Waals surface area contributed by atoms with E-state index in [1.807, 2.05) is 55.5 Å². The highest BCUT2D eigenvalue weighted by atomic mass is 16.5. The number of nitrogens with one attached hydrogen (secondary N) is 1. The van der Waals surface area contributed by atoms with Crippen LogP contribution in [0.3, 0.4) is 0 Å². The summed E-state index contributed by atoms with van der Waals surface area (Å²) in [7, 11) is 1.62. The van der Waals surface area contributed by atoms with Crippen molar-refractivity contribution in [2.24, 2.45) is 0 Å². The molecule has 19 heavy (non-hydrogen) atoms. The van der Waals surface area contributed by atoms with E-state index in [2.05, 4.69) is 5.32 Å². The number of rotatable bonds is 5. The van der Waals surface area contributed by atoms with Crippen LogP contribution in [0.5, 0.6) is 5.75 Å². The lowest BCUT2D eigenvalue weighted by Crippen LogP contribution is -2.13. The molecule has 2 aromatic rings. The van der Waals surface area contributed by atoms with Crippen LogP contribution in [0.15, 0.2) is 48.5 Å². The second-order valence-electron chi connectivity index (χ2n) is 4.51. The molecular formula is C16H19NO2. The van der Waals surface area contributed by atoms with Gasteiger partial charge >= 0.3 is 0 Å². The number of hydrogen-bond acceptors (Lipinski definition) is 3. The van der Waals surface area contributed by atoms with Crippen molar-refractivity contribution in [2.45, 2.75) is 13.0 Å². The summed E-state index contributed by atoms with van der Waals surface area (Å²) in [5, 5.41) is 13.5. The van der Waals surface area contributed by atoms with Gasteiger partial charge in [0.1, 0.15) is 5.75 Å². The molecular weight excluding hydrogens is 238 g/mol. The average molecular weight is 257 g/mol. The van der Waals surface area contributed by atoms with Crippen molar-refractivity contribution < 1.29 is 9.84 Å². The molecule has 100 valence electrons. The van der Waals surface area contributed by atoms with Crippen LogP contribution in [-0.4, -0.2) is 18.8 Å². The third kappa shape index (κ3) is 3.48. The molecule has 0 aliphatic rings. The fourth-order valence-corrected chi connectivity index (χ4v) is 1.99. The third-order valence-electron chi connectivity index (χ3n) is 3.02. The monoisotopic (exact) mass is 257 g/mol.